The molecule has 1 aromatic carbocycles. The molecule has 0 aliphatic rings. The summed E-state index contributed by atoms with van der Waals surface area (Å²) >= 11 is 5.94. The summed E-state index contributed by atoms with van der Waals surface area (Å²) in [5, 5.41) is 5.41. The van der Waals surface area contributed by atoms with Crippen LogP contribution in [-0.2, 0) is 6.54 Å². The van der Waals surface area contributed by atoms with Crippen molar-refractivity contribution >= 4 is 29.1 Å². The van der Waals surface area contributed by atoms with Gasteiger partial charge in [0.15, 0.2) is 5.76 Å². The molecule has 2 rings (SSSR count). The number of hydrogen-bond acceptors (Lipinski definition) is 4. The molecule has 2 amide bonds. The highest BCUT2D eigenvalue weighted by atomic mass is 35.5. The molecular weight excluding hydrogens is 294 g/mol. The Bertz CT molecular complexity index is 682. The van der Waals surface area contributed by atoms with E-state index < -0.39 is 5.91 Å². The van der Waals surface area contributed by atoms with Gasteiger partial charge in [-0.2, -0.15) is 0 Å². The third-order valence-electron chi connectivity index (χ3n) is 2.78. The van der Waals surface area contributed by atoms with Crippen molar-refractivity contribution in [3.8, 4) is 0 Å². The lowest BCUT2D eigenvalue weighted by Crippen LogP contribution is -2.19. The molecule has 0 fully saturated rings. The van der Waals surface area contributed by atoms with Crippen LogP contribution in [0.4, 0.5) is 5.69 Å². The van der Waals surface area contributed by atoms with Gasteiger partial charge in [0.05, 0.1) is 17.1 Å². The topological polar surface area (TPSA) is 97.4 Å². The second-order valence-corrected chi connectivity index (χ2v) is 4.61. The Hall–Kier alpha value is -2.31. The molecule has 4 N–H and O–H groups in total. The number of carbonyl (C=O) groups excluding carboxylic acids is 2. The Labute approximate surface area is 126 Å². The first-order valence-corrected chi connectivity index (χ1v) is 6.54. The fourth-order valence-corrected chi connectivity index (χ4v) is 1.92. The smallest absolute Gasteiger partial charge is 0.291 e. The number of rotatable bonds is 4. The largest absolute Gasteiger partial charge is 0.455 e. The quantitative estimate of drug-likeness (QED) is 0.804. The normalized spacial score (nSPS) is 10.2. The SMILES string of the molecule is CNC(=O)c1cc(NC(=O)c2ccc(CN)o2)ccc1Cl. The minimum absolute atomic E-state index is 0.145. The molecule has 110 valence electrons. The maximum atomic E-state index is 12.0. The van der Waals surface area contributed by atoms with Crippen LogP contribution in [0.25, 0.3) is 0 Å². The monoisotopic (exact) mass is 307 g/mol. The fraction of sp³-hybridized carbons (Fsp3) is 0.143. The van der Waals surface area contributed by atoms with Crippen LogP contribution in [-0.4, -0.2) is 18.9 Å². The molecule has 6 nitrogen and oxygen atoms in total. The highest BCUT2D eigenvalue weighted by molar-refractivity contribution is 6.34. The van der Waals surface area contributed by atoms with Crippen LogP contribution in [0.3, 0.4) is 0 Å². The summed E-state index contributed by atoms with van der Waals surface area (Å²) in [6.07, 6.45) is 0. The van der Waals surface area contributed by atoms with Crippen LogP contribution in [0.15, 0.2) is 34.7 Å². The predicted molar refractivity (Wildman–Crippen MR) is 79.4 cm³/mol. The molecule has 0 bridgehead atoms. The van der Waals surface area contributed by atoms with E-state index in [4.69, 9.17) is 21.8 Å². The summed E-state index contributed by atoms with van der Waals surface area (Å²) in [5.41, 5.74) is 6.13. The van der Waals surface area contributed by atoms with Gasteiger partial charge >= 0.3 is 0 Å². The third-order valence-corrected chi connectivity index (χ3v) is 3.11. The van der Waals surface area contributed by atoms with Crippen LogP contribution in [0, 0.1) is 0 Å². The standard InChI is InChI=1S/C14H14ClN3O3/c1-17-13(19)10-6-8(2-4-11(10)15)18-14(20)12-5-3-9(7-16)21-12/h2-6H,7,16H2,1H3,(H,17,19)(H,18,20). The average molecular weight is 308 g/mol. The Morgan fingerprint density at radius 1 is 1.24 bits per heavy atom. The minimum Gasteiger partial charge on any atom is -0.455 e. The number of amides is 2. The number of carbonyl (C=O) groups is 2. The lowest BCUT2D eigenvalue weighted by atomic mass is 10.2. The Morgan fingerprint density at radius 2 is 2.00 bits per heavy atom. The van der Waals surface area contributed by atoms with Gasteiger partial charge in [0, 0.05) is 12.7 Å². The van der Waals surface area contributed by atoms with E-state index in [1.165, 1.54) is 25.2 Å². The highest BCUT2D eigenvalue weighted by Gasteiger charge is 2.14. The summed E-state index contributed by atoms with van der Waals surface area (Å²) in [6.45, 7) is 0.217. The van der Waals surface area contributed by atoms with Crippen molar-refractivity contribution in [1.82, 2.24) is 5.32 Å². The van der Waals surface area contributed by atoms with Crippen LogP contribution < -0.4 is 16.4 Å². The zero-order valence-corrected chi connectivity index (χ0v) is 12.0. The Morgan fingerprint density at radius 3 is 2.62 bits per heavy atom. The van der Waals surface area contributed by atoms with E-state index in [0.29, 0.717) is 16.5 Å². The van der Waals surface area contributed by atoms with Gasteiger partial charge in [0.2, 0.25) is 0 Å². The van der Waals surface area contributed by atoms with E-state index in [1.807, 2.05) is 0 Å². The lowest BCUT2D eigenvalue weighted by molar-refractivity contribution is 0.0960. The first kappa shape index (κ1) is 15.1. The van der Waals surface area contributed by atoms with E-state index in [0.717, 1.165) is 0 Å². The van der Waals surface area contributed by atoms with Crippen molar-refractivity contribution in [2.75, 3.05) is 12.4 Å². The van der Waals surface area contributed by atoms with E-state index in [2.05, 4.69) is 10.6 Å². The van der Waals surface area contributed by atoms with Gasteiger partial charge in [0.1, 0.15) is 5.76 Å². The molecule has 2 aromatic rings. The highest BCUT2D eigenvalue weighted by Crippen LogP contribution is 2.21. The zero-order valence-electron chi connectivity index (χ0n) is 11.3. The van der Waals surface area contributed by atoms with Crippen LogP contribution in [0.1, 0.15) is 26.7 Å². The van der Waals surface area contributed by atoms with Gasteiger partial charge < -0.3 is 20.8 Å². The number of halogens is 1. The maximum absolute atomic E-state index is 12.0. The van der Waals surface area contributed by atoms with Crippen molar-refractivity contribution in [2.45, 2.75) is 6.54 Å². The van der Waals surface area contributed by atoms with Crippen molar-refractivity contribution in [3.63, 3.8) is 0 Å². The molecular formula is C14H14ClN3O3. The van der Waals surface area contributed by atoms with Crippen molar-refractivity contribution < 1.29 is 14.0 Å². The van der Waals surface area contributed by atoms with E-state index in [1.54, 1.807) is 12.1 Å². The molecule has 0 spiro atoms. The zero-order chi connectivity index (χ0) is 15.4. The molecule has 1 heterocycles. The van der Waals surface area contributed by atoms with E-state index >= 15 is 0 Å². The Kier molecular flexibility index (Phi) is 4.62. The lowest BCUT2D eigenvalue weighted by Gasteiger charge is -2.07. The van der Waals surface area contributed by atoms with E-state index in [9.17, 15) is 9.59 Å². The summed E-state index contributed by atoms with van der Waals surface area (Å²) in [4.78, 5) is 23.6. The summed E-state index contributed by atoms with van der Waals surface area (Å²) in [6, 6.07) is 7.79. The summed E-state index contributed by atoms with van der Waals surface area (Å²) in [5.74, 6) is -0.103. The first-order valence-electron chi connectivity index (χ1n) is 6.17. The molecule has 0 aliphatic carbocycles. The molecule has 21 heavy (non-hydrogen) atoms. The molecule has 0 aliphatic heterocycles. The number of benzene rings is 1. The second-order valence-electron chi connectivity index (χ2n) is 4.20. The number of furan rings is 1. The minimum atomic E-state index is -0.431. The number of nitrogens with one attached hydrogen (secondary N) is 2. The Balaban J connectivity index is 2.19. The molecule has 0 saturated carbocycles. The molecule has 0 radical (unpaired) electrons. The van der Waals surface area contributed by atoms with Crippen molar-refractivity contribution in [2.24, 2.45) is 5.73 Å². The molecule has 7 heteroatoms. The van der Waals surface area contributed by atoms with Crippen LogP contribution in [0.2, 0.25) is 5.02 Å². The number of hydrogen-bond donors (Lipinski definition) is 3. The van der Waals surface area contributed by atoms with Crippen molar-refractivity contribution in [3.05, 3.63) is 52.4 Å². The van der Waals surface area contributed by atoms with Gasteiger partial charge in [-0.25, -0.2) is 0 Å². The van der Waals surface area contributed by atoms with Gasteiger partial charge in [-0.15, -0.1) is 0 Å². The molecule has 0 saturated heterocycles. The molecule has 1 aromatic heterocycles. The third kappa shape index (κ3) is 3.42. The van der Waals surface area contributed by atoms with Crippen LogP contribution >= 0.6 is 11.6 Å². The predicted octanol–water partition coefficient (Wildman–Crippen LogP) is 2.00. The van der Waals surface area contributed by atoms with Crippen molar-refractivity contribution in [1.29, 1.82) is 0 Å². The van der Waals surface area contributed by atoms with Crippen LogP contribution in [0.5, 0.6) is 0 Å². The maximum Gasteiger partial charge on any atom is 0.291 e. The van der Waals surface area contributed by atoms with E-state index in [-0.39, 0.29) is 23.8 Å². The number of anilines is 1. The van der Waals surface area contributed by atoms with Gasteiger partial charge in [0.25, 0.3) is 11.8 Å². The fourth-order valence-electron chi connectivity index (χ4n) is 1.71. The van der Waals surface area contributed by atoms with Gasteiger partial charge in [-0.3, -0.25) is 9.59 Å². The van der Waals surface area contributed by atoms with Gasteiger partial charge in [-0.1, -0.05) is 11.6 Å². The molecule has 0 unspecified atom stereocenters. The average Bonchev–Trinajstić information content (AvgIpc) is 2.97. The second kappa shape index (κ2) is 6.43. The summed E-state index contributed by atoms with van der Waals surface area (Å²) < 4.78 is 5.25. The molecule has 0 atom stereocenters. The summed E-state index contributed by atoms with van der Waals surface area (Å²) in [7, 11) is 1.50. The number of nitrogens with two attached hydrogens (primary N) is 1. The van der Waals surface area contributed by atoms with Gasteiger partial charge in [-0.05, 0) is 30.3 Å². The first-order chi connectivity index (χ1) is 10.0.